The molecule has 1 nitrogen and oxygen atoms in total. The smallest absolute Gasteiger partial charge is 0.0465 e. The molecular weight excluding hydrogens is 991 g/mol. The molecule has 0 bridgehead atoms. The van der Waals surface area contributed by atoms with Crippen molar-refractivity contribution < 1.29 is 0 Å². The molecule has 17 aromatic rings. The first-order valence-electron chi connectivity index (χ1n) is 27.1. The number of hydrogen-bond donors (Lipinski definition) is 1. The third-order valence-electron chi connectivity index (χ3n) is 16.7. The summed E-state index contributed by atoms with van der Waals surface area (Å²) in [6.07, 6.45) is 0. The molecule has 3 aromatic heterocycles. The molecule has 0 fully saturated rings. The topological polar surface area (TPSA) is 15.8 Å². The lowest BCUT2D eigenvalue weighted by Crippen LogP contribution is -1.85. The lowest BCUT2D eigenvalue weighted by Gasteiger charge is -2.11. The van der Waals surface area contributed by atoms with Crippen LogP contribution in [-0.2, 0) is 0 Å². The van der Waals surface area contributed by atoms with E-state index in [1.807, 2.05) is 22.7 Å². The van der Waals surface area contributed by atoms with E-state index in [2.05, 4.69) is 272 Å². The first kappa shape index (κ1) is 44.5. The summed E-state index contributed by atoms with van der Waals surface area (Å²) < 4.78 is 5.18. The van der Waals surface area contributed by atoms with E-state index in [0.29, 0.717) is 0 Å². The van der Waals surface area contributed by atoms with E-state index < -0.39 is 0 Å². The number of thiophene rings is 2. The van der Waals surface area contributed by atoms with Crippen molar-refractivity contribution in [2.24, 2.45) is 0 Å². The minimum Gasteiger partial charge on any atom is -0.355 e. The Balaban J connectivity index is 0.847. The van der Waals surface area contributed by atoms with Gasteiger partial charge in [0, 0.05) is 73.3 Å². The van der Waals surface area contributed by atoms with Crippen molar-refractivity contribution in [2.45, 2.75) is 0 Å². The Labute approximate surface area is 463 Å². The number of rotatable bonds is 6. The minimum absolute atomic E-state index is 1.13. The van der Waals surface area contributed by atoms with Gasteiger partial charge in [-0.1, -0.05) is 170 Å². The van der Waals surface area contributed by atoms with Crippen LogP contribution in [0.25, 0.3) is 172 Å². The summed E-state index contributed by atoms with van der Waals surface area (Å²) in [6.45, 7) is 0. The molecule has 0 unspecified atom stereocenters. The SMILES string of the molecule is c1ccc2cc(-c3ccc4sc5c(-c6ccc7[nH]c8ccc(-c9cc(-c%10ccc%11ccccc%11c%10)cc%10c9sc9ccc(-c%11ccc%12ccccc%12c%11)cc9%10)cc8c7c6)cc(-c6ccc7ccccc7c6)cc5c4c3)ccc2c1. The highest BCUT2D eigenvalue weighted by molar-refractivity contribution is 7.26. The zero-order valence-electron chi connectivity index (χ0n) is 42.7. The average molecular weight is 1040 g/mol. The summed E-state index contributed by atoms with van der Waals surface area (Å²) in [5.74, 6) is 0. The van der Waals surface area contributed by atoms with Gasteiger partial charge in [0.1, 0.15) is 0 Å². The van der Waals surface area contributed by atoms with Crippen LogP contribution in [0.3, 0.4) is 0 Å². The molecule has 3 heterocycles. The van der Waals surface area contributed by atoms with Crippen molar-refractivity contribution >= 4 is 128 Å². The fraction of sp³-hybridized carbons (Fsp3) is 0. The molecule has 0 radical (unpaired) electrons. The third kappa shape index (κ3) is 7.35. The van der Waals surface area contributed by atoms with E-state index in [1.54, 1.807) is 0 Å². The third-order valence-corrected chi connectivity index (χ3v) is 19.1. The molecule has 0 aliphatic rings. The maximum atomic E-state index is 3.83. The van der Waals surface area contributed by atoms with Crippen molar-refractivity contribution in [2.75, 3.05) is 0 Å². The molecule has 0 atom stereocenters. The van der Waals surface area contributed by atoms with Crippen molar-refractivity contribution in [1.29, 1.82) is 0 Å². The quantitative estimate of drug-likeness (QED) is 0.171. The molecule has 0 spiro atoms. The summed E-state index contributed by atoms with van der Waals surface area (Å²) in [4.78, 5) is 3.83. The van der Waals surface area contributed by atoms with Crippen molar-refractivity contribution in [3.8, 4) is 66.8 Å². The minimum atomic E-state index is 1.13. The van der Waals surface area contributed by atoms with E-state index in [-0.39, 0.29) is 0 Å². The highest BCUT2D eigenvalue weighted by atomic mass is 32.1. The number of aromatic nitrogens is 1. The van der Waals surface area contributed by atoms with Gasteiger partial charge in [-0.25, -0.2) is 0 Å². The van der Waals surface area contributed by atoms with Crippen LogP contribution in [0.4, 0.5) is 0 Å². The van der Waals surface area contributed by atoms with Crippen LogP contribution < -0.4 is 0 Å². The van der Waals surface area contributed by atoms with Crippen LogP contribution in [0.2, 0.25) is 0 Å². The van der Waals surface area contributed by atoms with Gasteiger partial charge in [-0.2, -0.15) is 0 Å². The lowest BCUT2D eigenvalue weighted by molar-refractivity contribution is 1.54. The standard InChI is InChI=1S/C76H45NS2/c1-5-13-49-33-53(21-17-45(49)9-1)57-27-31-73-67(37-57)69-43-61(55-23-19-47-11-3-7-15-51(47)35-55)41-63(75(69)78-73)59-25-29-71-65(39-59)66-40-60(26-30-72(66)77-71)64-42-62(56-24-20-48-12-4-8-16-52(48)36-56)44-70-68-38-58(28-32-74(68)79-76(64)70)54-22-18-46-10-2-6-14-50(46)34-54/h1-44,77H. The number of hydrogen-bond acceptors (Lipinski definition) is 2. The fourth-order valence-corrected chi connectivity index (χ4v) is 15.0. The van der Waals surface area contributed by atoms with E-state index in [1.165, 1.54) is 161 Å². The second-order valence-electron chi connectivity index (χ2n) is 21.3. The number of H-pyrrole nitrogens is 1. The largest absolute Gasteiger partial charge is 0.355 e. The van der Waals surface area contributed by atoms with Gasteiger partial charge in [-0.05, 0) is 196 Å². The van der Waals surface area contributed by atoms with Gasteiger partial charge >= 0.3 is 0 Å². The first-order chi connectivity index (χ1) is 39.0. The van der Waals surface area contributed by atoms with Crippen LogP contribution >= 0.6 is 22.7 Å². The predicted molar refractivity (Wildman–Crippen MR) is 344 cm³/mol. The van der Waals surface area contributed by atoms with Crippen LogP contribution in [-0.4, -0.2) is 4.98 Å². The molecule has 366 valence electrons. The van der Waals surface area contributed by atoms with E-state index in [9.17, 15) is 0 Å². The Morgan fingerprint density at radius 1 is 0.203 bits per heavy atom. The molecule has 0 amide bonds. The van der Waals surface area contributed by atoms with E-state index in [0.717, 1.165) is 11.0 Å². The predicted octanol–water partition coefficient (Wildman–Crippen LogP) is 22.7. The molecule has 0 saturated carbocycles. The molecular formula is C76H45NS2. The molecule has 79 heavy (non-hydrogen) atoms. The van der Waals surface area contributed by atoms with Gasteiger partial charge in [0.15, 0.2) is 0 Å². The average Bonchev–Trinajstić information content (AvgIpc) is 4.35. The summed E-state index contributed by atoms with van der Waals surface area (Å²) in [5.41, 5.74) is 17.0. The van der Waals surface area contributed by atoms with E-state index in [4.69, 9.17) is 0 Å². The Hall–Kier alpha value is -9.64. The number of aromatic amines is 1. The van der Waals surface area contributed by atoms with Crippen LogP contribution in [0.15, 0.2) is 267 Å². The summed E-state index contributed by atoms with van der Waals surface area (Å²) in [5, 5.41) is 17.6. The molecule has 14 aromatic carbocycles. The fourth-order valence-electron chi connectivity index (χ4n) is 12.6. The van der Waals surface area contributed by atoms with Gasteiger partial charge in [-0.15, -0.1) is 22.7 Å². The highest BCUT2D eigenvalue weighted by Crippen LogP contribution is 2.48. The maximum Gasteiger partial charge on any atom is 0.0465 e. The molecule has 0 aliphatic heterocycles. The summed E-state index contributed by atoms with van der Waals surface area (Å²) >= 11 is 3.81. The number of benzene rings is 14. The Kier molecular flexibility index (Phi) is 9.82. The zero-order chi connectivity index (χ0) is 51.7. The Morgan fingerprint density at radius 3 is 0.873 bits per heavy atom. The Bertz CT molecular complexity index is 5060. The normalized spacial score (nSPS) is 12.1. The van der Waals surface area contributed by atoms with Crippen molar-refractivity contribution in [1.82, 2.24) is 4.98 Å². The molecule has 1 N–H and O–H groups in total. The Morgan fingerprint density at radius 2 is 0.494 bits per heavy atom. The van der Waals surface area contributed by atoms with Crippen LogP contribution in [0.5, 0.6) is 0 Å². The number of fused-ring (bicyclic) bond motifs is 13. The van der Waals surface area contributed by atoms with Crippen molar-refractivity contribution in [3.05, 3.63) is 267 Å². The number of nitrogens with one attached hydrogen (secondary N) is 1. The maximum absolute atomic E-state index is 3.83. The monoisotopic (exact) mass is 1040 g/mol. The molecule has 17 rings (SSSR count). The second kappa shape index (κ2) is 17.4. The van der Waals surface area contributed by atoms with Gasteiger partial charge in [-0.3, -0.25) is 0 Å². The van der Waals surface area contributed by atoms with Crippen LogP contribution in [0.1, 0.15) is 0 Å². The molecule has 0 saturated heterocycles. The van der Waals surface area contributed by atoms with Gasteiger partial charge in [0.05, 0.1) is 0 Å². The van der Waals surface area contributed by atoms with E-state index >= 15 is 0 Å². The van der Waals surface area contributed by atoms with Gasteiger partial charge < -0.3 is 4.98 Å². The summed E-state index contributed by atoms with van der Waals surface area (Å²) in [7, 11) is 0. The first-order valence-corrected chi connectivity index (χ1v) is 28.7. The molecule has 0 aliphatic carbocycles. The molecule has 3 heteroatoms. The van der Waals surface area contributed by atoms with Gasteiger partial charge in [0.2, 0.25) is 0 Å². The van der Waals surface area contributed by atoms with Gasteiger partial charge in [0.25, 0.3) is 0 Å². The second-order valence-corrected chi connectivity index (χ2v) is 23.4. The zero-order valence-corrected chi connectivity index (χ0v) is 44.4. The van der Waals surface area contributed by atoms with Crippen molar-refractivity contribution in [3.63, 3.8) is 0 Å². The lowest BCUT2D eigenvalue weighted by atomic mass is 9.93. The highest BCUT2D eigenvalue weighted by Gasteiger charge is 2.20. The summed E-state index contributed by atoms with van der Waals surface area (Å²) in [6, 6.07) is 100. The van der Waals surface area contributed by atoms with Crippen LogP contribution in [0, 0.1) is 0 Å².